The lowest BCUT2D eigenvalue weighted by Gasteiger charge is -2.32. The highest BCUT2D eigenvalue weighted by Gasteiger charge is 2.24. The van der Waals surface area contributed by atoms with Crippen LogP contribution in [0.1, 0.15) is 41.6 Å². The number of hydrogen-bond donors (Lipinski definition) is 1. The number of ether oxygens (including phenoxy) is 1. The zero-order valence-electron chi connectivity index (χ0n) is 15.2. The molecule has 0 saturated carbocycles. The van der Waals surface area contributed by atoms with E-state index in [0.717, 1.165) is 57.4 Å². The summed E-state index contributed by atoms with van der Waals surface area (Å²) >= 11 is 0. The van der Waals surface area contributed by atoms with Gasteiger partial charge in [0.25, 0.3) is 5.91 Å². The average molecular weight is 346 g/mol. The monoisotopic (exact) mass is 346 g/mol. The maximum absolute atomic E-state index is 12.7. The first-order valence-electron chi connectivity index (χ1n) is 9.44. The SMILES string of the molecule is COC1CCCN(C(=O)c2ccc(CN3CCC(CO)CC3)cc2)C1. The third-order valence-electron chi connectivity index (χ3n) is 5.57. The topological polar surface area (TPSA) is 53.0 Å². The van der Waals surface area contributed by atoms with Crippen LogP contribution in [0.5, 0.6) is 0 Å². The molecule has 2 aliphatic rings. The molecule has 2 aliphatic heterocycles. The fourth-order valence-electron chi connectivity index (χ4n) is 3.84. The smallest absolute Gasteiger partial charge is 0.253 e. The number of carbonyl (C=O) groups excluding carboxylic acids is 1. The highest BCUT2D eigenvalue weighted by molar-refractivity contribution is 5.94. The lowest BCUT2D eigenvalue weighted by atomic mass is 9.97. The van der Waals surface area contributed by atoms with Crippen molar-refractivity contribution in [2.24, 2.45) is 5.92 Å². The van der Waals surface area contributed by atoms with Crippen molar-refractivity contribution in [3.63, 3.8) is 0 Å². The van der Waals surface area contributed by atoms with Gasteiger partial charge in [-0.05, 0) is 62.4 Å². The second kappa shape index (κ2) is 8.79. The third kappa shape index (κ3) is 4.81. The van der Waals surface area contributed by atoms with Gasteiger partial charge in [0.2, 0.25) is 0 Å². The Hall–Kier alpha value is -1.43. The van der Waals surface area contributed by atoms with Crippen molar-refractivity contribution >= 4 is 5.91 Å². The standard InChI is InChI=1S/C20H30N2O3/c1-25-19-3-2-10-22(14-19)20(24)18-6-4-16(5-7-18)13-21-11-8-17(15-23)9-12-21/h4-7,17,19,23H,2-3,8-15H2,1H3. The number of methoxy groups -OCH3 is 1. The van der Waals surface area contributed by atoms with Crippen molar-refractivity contribution < 1.29 is 14.6 Å². The number of carbonyl (C=O) groups is 1. The summed E-state index contributed by atoms with van der Waals surface area (Å²) in [5, 5.41) is 9.23. The Morgan fingerprint density at radius 2 is 1.88 bits per heavy atom. The second-order valence-electron chi connectivity index (χ2n) is 7.35. The number of aliphatic hydroxyl groups is 1. The molecular weight excluding hydrogens is 316 g/mol. The van der Waals surface area contributed by atoms with Gasteiger partial charge in [0.05, 0.1) is 6.10 Å². The van der Waals surface area contributed by atoms with Crippen LogP contribution in [0.4, 0.5) is 0 Å². The minimum absolute atomic E-state index is 0.108. The van der Waals surface area contributed by atoms with Crippen molar-refractivity contribution in [1.29, 1.82) is 0 Å². The first-order valence-corrected chi connectivity index (χ1v) is 9.44. The minimum atomic E-state index is 0.108. The van der Waals surface area contributed by atoms with Crippen LogP contribution in [0.2, 0.25) is 0 Å². The Bertz CT molecular complexity index is 553. The summed E-state index contributed by atoms with van der Waals surface area (Å²) < 4.78 is 5.41. The fourth-order valence-corrected chi connectivity index (χ4v) is 3.84. The number of piperidine rings is 2. The van der Waals surface area contributed by atoms with Crippen LogP contribution in [0, 0.1) is 5.92 Å². The van der Waals surface area contributed by atoms with Crippen LogP contribution < -0.4 is 0 Å². The van der Waals surface area contributed by atoms with Crippen molar-refractivity contribution in [2.45, 2.75) is 38.3 Å². The van der Waals surface area contributed by atoms with Crippen LogP contribution in [0.25, 0.3) is 0 Å². The molecule has 0 spiro atoms. The van der Waals surface area contributed by atoms with E-state index in [1.54, 1.807) is 7.11 Å². The van der Waals surface area contributed by atoms with Gasteiger partial charge >= 0.3 is 0 Å². The molecule has 1 atom stereocenters. The molecule has 1 N–H and O–H groups in total. The van der Waals surface area contributed by atoms with Gasteiger partial charge in [0, 0.05) is 38.9 Å². The summed E-state index contributed by atoms with van der Waals surface area (Å²) in [5.41, 5.74) is 2.01. The first kappa shape index (κ1) is 18.4. The van der Waals surface area contributed by atoms with Crippen LogP contribution in [0.15, 0.2) is 24.3 Å². The van der Waals surface area contributed by atoms with E-state index in [2.05, 4.69) is 17.0 Å². The van der Waals surface area contributed by atoms with Crippen molar-refractivity contribution in [1.82, 2.24) is 9.80 Å². The van der Waals surface area contributed by atoms with Gasteiger partial charge in [-0.3, -0.25) is 9.69 Å². The number of benzene rings is 1. The van der Waals surface area contributed by atoms with Crippen LogP contribution in [0.3, 0.4) is 0 Å². The quantitative estimate of drug-likeness (QED) is 0.888. The van der Waals surface area contributed by atoms with E-state index in [4.69, 9.17) is 4.74 Å². The van der Waals surface area contributed by atoms with Gasteiger partial charge in [-0.2, -0.15) is 0 Å². The van der Waals surface area contributed by atoms with E-state index in [9.17, 15) is 9.90 Å². The van der Waals surface area contributed by atoms with Gasteiger partial charge in [-0.15, -0.1) is 0 Å². The Kier molecular flexibility index (Phi) is 6.45. The summed E-state index contributed by atoms with van der Waals surface area (Å²) in [7, 11) is 1.72. The third-order valence-corrected chi connectivity index (χ3v) is 5.57. The summed E-state index contributed by atoms with van der Waals surface area (Å²) in [6.07, 6.45) is 4.35. The van der Waals surface area contributed by atoms with E-state index in [-0.39, 0.29) is 12.0 Å². The van der Waals surface area contributed by atoms with Crippen molar-refractivity contribution in [3.8, 4) is 0 Å². The molecule has 2 saturated heterocycles. The molecular formula is C20H30N2O3. The molecule has 2 heterocycles. The molecule has 138 valence electrons. The van der Waals surface area contributed by atoms with Crippen LogP contribution in [-0.2, 0) is 11.3 Å². The Morgan fingerprint density at radius 3 is 2.52 bits per heavy atom. The van der Waals surface area contributed by atoms with Crippen molar-refractivity contribution in [3.05, 3.63) is 35.4 Å². The Morgan fingerprint density at radius 1 is 1.16 bits per heavy atom. The number of amides is 1. The van der Waals surface area contributed by atoms with Crippen molar-refractivity contribution in [2.75, 3.05) is 39.9 Å². The number of rotatable bonds is 5. The maximum Gasteiger partial charge on any atom is 0.253 e. The molecule has 25 heavy (non-hydrogen) atoms. The van der Waals surface area contributed by atoms with E-state index < -0.39 is 0 Å². The van der Waals surface area contributed by atoms with E-state index in [1.165, 1.54) is 5.56 Å². The van der Waals surface area contributed by atoms with Gasteiger partial charge in [-0.25, -0.2) is 0 Å². The van der Waals surface area contributed by atoms with Gasteiger partial charge < -0.3 is 14.7 Å². The highest BCUT2D eigenvalue weighted by Crippen LogP contribution is 2.20. The number of hydrogen-bond acceptors (Lipinski definition) is 4. The zero-order chi connectivity index (χ0) is 17.6. The minimum Gasteiger partial charge on any atom is -0.396 e. The normalized spacial score (nSPS) is 23.0. The molecule has 0 radical (unpaired) electrons. The number of nitrogens with zero attached hydrogens (tertiary/aromatic N) is 2. The van der Waals surface area contributed by atoms with Gasteiger partial charge in [0.1, 0.15) is 0 Å². The van der Waals surface area contributed by atoms with E-state index in [1.807, 2.05) is 17.0 Å². The first-order chi connectivity index (χ1) is 12.2. The fraction of sp³-hybridized carbons (Fsp3) is 0.650. The van der Waals surface area contributed by atoms with E-state index >= 15 is 0 Å². The van der Waals surface area contributed by atoms with Gasteiger partial charge in [0.15, 0.2) is 0 Å². The lowest BCUT2D eigenvalue weighted by molar-refractivity contribution is 0.0269. The highest BCUT2D eigenvalue weighted by atomic mass is 16.5. The molecule has 0 aliphatic carbocycles. The zero-order valence-corrected chi connectivity index (χ0v) is 15.2. The summed E-state index contributed by atoms with van der Waals surface area (Å²) in [5.74, 6) is 0.578. The molecule has 5 nitrogen and oxygen atoms in total. The Labute approximate surface area is 150 Å². The molecule has 2 fully saturated rings. The number of aliphatic hydroxyl groups excluding tert-OH is 1. The molecule has 5 heteroatoms. The second-order valence-corrected chi connectivity index (χ2v) is 7.35. The molecule has 1 unspecified atom stereocenters. The summed E-state index contributed by atoms with van der Waals surface area (Å²) in [4.78, 5) is 17.0. The number of likely N-dealkylation sites (tertiary alicyclic amines) is 2. The van der Waals surface area contributed by atoms with Gasteiger partial charge in [-0.1, -0.05) is 12.1 Å². The van der Waals surface area contributed by atoms with Crippen LogP contribution in [-0.4, -0.2) is 66.8 Å². The largest absolute Gasteiger partial charge is 0.396 e. The Balaban J connectivity index is 1.54. The summed E-state index contributed by atoms with van der Waals surface area (Å²) in [6, 6.07) is 8.05. The predicted molar refractivity (Wildman–Crippen MR) is 97.5 cm³/mol. The van der Waals surface area contributed by atoms with Crippen LogP contribution >= 0.6 is 0 Å². The molecule has 0 aromatic heterocycles. The average Bonchev–Trinajstić information content (AvgIpc) is 2.68. The predicted octanol–water partition coefficient (Wildman–Crippen LogP) is 2.14. The molecule has 1 aromatic carbocycles. The molecule has 0 bridgehead atoms. The molecule has 1 amide bonds. The molecule has 3 rings (SSSR count). The molecule has 1 aromatic rings. The maximum atomic E-state index is 12.7. The van der Waals surface area contributed by atoms with E-state index in [0.29, 0.717) is 19.1 Å². The summed E-state index contributed by atoms with van der Waals surface area (Å²) in [6.45, 7) is 4.82. The lowest BCUT2D eigenvalue weighted by Crippen LogP contribution is -2.42.